The zero-order valence-corrected chi connectivity index (χ0v) is 14.1. The van der Waals surface area contributed by atoms with Crippen LogP contribution in [-0.2, 0) is 14.3 Å². The largest absolute Gasteiger partial charge is 0.467 e. The van der Waals surface area contributed by atoms with Crippen molar-refractivity contribution in [3.8, 4) is 0 Å². The normalized spacial score (nSPS) is 22.1. The van der Waals surface area contributed by atoms with E-state index in [2.05, 4.69) is 21.2 Å². The summed E-state index contributed by atoms with van der Waals surface area (Å²) in [6.07, 6.45) is 3.35. The Labute approximate surface area is 138 Å². The molecule has 1 aromatic rings. The molecule has 1 saturated carbocycles. The summed E-state index contributed by atoms with van der Waals surface area (Å²) in [5.74, 6) is -0.449. The lowest BCUT2D eigenvalue weighted by atomic mass is 9.99. The van der Waals surface area contributed by atoms with E-state index in [0.29, 0.717) is 12.0 Å². The van der Waals surface area contributed by atoms with Crippen LogP contribution in [0.25, 0.3) is 0 Å². The minimum atomic E-state index is -0.789. The first-order valence-electron chi connectivity index (χ1n) is 7.39. The van der Waals surface area contributed by atoms with Crippen LogP contribution in [0.2, 0.25) is 0 Å². The van der Waals surface area contributed by atoms with Crippen LogP contribution in [0.1, 0.15) is 37.3 Å². The van der Waals surface area contributed by atoms with E-state index in [-0.39, 0.29) is 17.9 Å². The van der Waals surface area contributed by atoms with Crippen LogP contribution in [0.5, 0.6) is 0 Å². The number of ether oxygens (including phenoxy) is 1. The summed E-state index contributed by atoms with van der Waals surface area (Å²) in [6, 6.07) is 6.51. The molecule has 5 nitrogen and oxygen atoms in total. The fourth-order valence-electron chi connectivity index (χ4n) is 2.83. The molecule has 3 atom stereocenters. The molecule has 1 fully saturated rings. The number of amides is 1. The first-order chi connectivity index (χ1) is 10.5. The number of hydrogen-bond acceptors (Lipinski definition) is 4. The molecule has 0 saturated heterocycles. The zero-order chi connectivity index (χ0) is 16.1. The quantitative estimate of drug-likeness (QED) is 0.781. The van der Waals surface area contributed by atoms with Gasteiger partial charge in [-0.3, -0.25) is 4.79 Å². The smallest absolute Gasteiger partial charge is 0.333 e. The summed E-state index contributed by atoms with van der Waals surface area (Å²) in [7, 11) is 1.31. The van der Waals surface area contributed by atoms with Gasteiger partial charge in [0.05, 0.1) is 7.11 Å². The van der Waals surface area contributed by atoms with Crippen molar-refractivity contribution in [3.05, 3.63) is 34.3 Å². The topological polar surface area (TPSA) is 81.4 Å². The molecule has 3 N–H and O–H groups in total. The van der Waals surface area contributed by atoms with Gasteiger partial charge in [-0.2, -0.15) is 0 Å². The van der Waals surface area contributed by atoms with Crippen molar-refractivity contribution in [1.82, 2.24) is 5.32 Å². The average molecular weight is 369 g/mol. The molecule has 22 heavy (non-hydrogen) atoms. The molecule has 120 valence electrons. The molecule has 1 amide bonds. The van der Waals surface area contributed by atoms with Gasteiger partial charge < -0.3 is 15.8 Å². The van der Waals surface area contributed by atoms with E-state index in [1.807, 2.05) is 12.1 Å². The lowest BCUT2D eigenvalue weighted by molar-refractivity contribution is -0.145. The van der Waals surface area contributed by atoms with E-state index in [1.165, 1.54) is 7.11 Å². The second kappa shape index (κ2) is 7.74. The lowest BCUT2D eigenvalue weighted by Crippen LogP contribution is -2.37. The third-order valence-electron chi connectivity index (χ3n) is 4.11. The Bertz CT molecular complexity index is 533. The second-order valence-corrected chi connectivity index (χ2v) is 6.55. The maximum absolute atomic E-state index is 12.2. The molecule has 0 aromatic heterocycles. The van der Waals surface area contributed by atoms with E-state index in [9.17, 15) is 9.59 Å². The van der Waals surface area contributed by atoms with Crippen LogP contribution in [0.15, 0.2) is 28.7 Å². The number of nitrogens with one attached hydrogen (secondary N) is 1. The summed E-state index contributed by atoms with van der Waals surface area (Å²) in [5, 5.41) is 2.77. The maximum Gasteiger partial charge on any atom is 0.333 e. The fraction of sp³-hybridized carbons (Fsp3) is 0.500. The number of benzene rings is 1. The van der Waals surface area contributed by atoms with Gasteiger partial charge in [-0.25, -0.2) is 4.79 Å². The number of halogens is 1. The number of methoxy groups -OCH3 is 1. The van der Waals surface area contributed by atoms with Crippen molar-refractivity contribution in [2.24, 2.45) is 11.7 Å². The number of hydrogen-bond donors (Lipinski definition) is 2. The number of esters is 1. The van der Waals surface area contributed by atoms with E-state index in [1.54, 1.807) is 12.1 Å². The van der Waals surface area contributed by atoms with E-state index >= 15 is 0 Å². The highest BCUT2D eigenvalue weighted by molar-refractivity contribution is 9.10. The monoisotopic (exact) mass is 368 g/mol. The van der Waals surface area contributed by atoms with Crippen molar-refractivity contribution < 1.29 is 14.3 Å². The molecule has 1 unspecified atom stereocenters. The van der Waals surface area contributed by atoms with Gasteiger partial charge in [0.25, 0.3) is 0 Å². The number of carbonyl (C=O) groups is 2. The van der Waals surface area contributed by atoms with Crippen LogP contribution in [0, 0.1) is 5.92 Å². The van der Waals surface area contributed by atoms with Gasteiger partial charge in [0.15, 0.2) is 6.04 Å². The van der Waals surface area contributed by atoms with Gasteiger partial charge >= 0.3 is 5.97 Å². The SMILES string of the molecule is COC(=O)C(NC(=O)C[C@@H]1CCC[C@H]1N)c1ccc(Br)cc1. The summed E-state index contributed by atoms with van der Waals surface area (Å²) in [5.41, 5.74) is 6.69. The molecule has 2 rings (SSSR count). The van der Waals surface area contributed by atoms with Gasteiger partial charge in [0, 0.05) is 16.9 Å². The van der Waals surface area contributed by atoms with Crippen LogP contribution in [0.3, 0.4) is 0 Å². The van der Waals surface area contributed by atoms with Crippen LogP contribution < -0.4 is 11.1 Å². The van der Waals surface area contributed by atoms with Gasteiger partial charge in [-0.05, 0) is 36.5 Å². The zero-order valence-electron chi connectivity index (χ0n) is 12.5. The number of carbonyl (C=O) groups excluding carboxylic acids is 2. The maximum atomic E-state index is 12.2. The molecular formula is C16H21BrN2O3. The molecule has 0 spiro atoms. The first-order valence-corrected chi connectivity index (χ1v) is 8.18. The Morgan fingerprint density at radius 3 is 2.59 bits per heavy atom. The van der Waals surface area contributed by atoms with Gasteiger partial charge in [-0.1, -0.05) is 34.5 Å². The van der Waals surface area contributed by atoms with Crippen molar-refractivity contribution >= 4 is 27.8 Å². The Hall–Kier alpha value is -1.40. The summed E-state index contributed by atoms with van der Waals surface area (Å²) < 4.78 is 5.70. The average Bonchev–Trinajstić information content (AvgIpc) is 2.90. The van der Waals surface area contributed by atoms with Gasteiger partial charge in [0.2, 0.25) is 5.91 Å². The van der Waals surface area contributed by atoms with Gasteiger partial charge in [-0.15, -0.1) is 0 Å². The molecule has 6 heteroatoms. The van der Waals surface area contributed by atoms with Crippen molar-refractivity contribution in [1.29, 1.82) is 0 Å². The van der Waals surface area contributed by atoms with Gasteiger partial charge in [0.1, 0.15) is 0 Å². The Morgan fingerprint density at radius 1 is 1.36 bits per heavy atom. The molecule has 1 aliphatic carbocycles. The minimum Gasteiger partial charge on any atom is -0.467 e. The highest BCUT2D eigenvalue weighted by Gasteiger charge is 2.29. The fourth-order valence-corrected chi connectivity index (χ4v) is 3.09. The molecule has 0 radical (unpaired) electrons. The molecular weight excluding hydrogens is 348 g/mol. The predicted octanol–water partition coefficient (Wildman–Crippen LogP) is 2.30. The van der Waals surface area contributed by atoms with Crippen molar-refractivity contribution in [3.63, 3.8) is 0 Å². The Balaban J connectivity index is 2.04. The first kappa shape index (κ1) is 17.0. The van der Waals surface area contributed by atoms with E-state index < -0.39 is 12.0 Å². The highest BCUT2D eigenvalue weighted by atomic mass is 79.9. The molecule has 1 aromatic carbocycles. The standard InChI is InChI=1S/C16H21BrN2O3/c1-22-16(21)15(10-5-7-12(17)8-6-10)19-14(20)9-11-3-2-4-13(11)18/h5-8,11,13,15H,2-4,9,18H2,1H3,(H,19,20)/t11-,13+,15?/m0/s1. The third kappa shape index (κ3) is 4.30. The Kier molecular flexibility index (Phi) is 5.97. The van der Waals surface area contributed by atoms with Crippen LogP contribution >= 0.6 is 15.9 Å². The highest BCUT2D eigenvalue weighted by Crippen LogP contribution is 2.27. The summed E-state index contributed by atoms with van der Waals surface area (Å²) >= 11 is 3.35. The van der Waals surface area contributed by atoms with Crippen LogP contribution in [-0.4, -0.2) is 25.0 Å². The van der Waals surface area contributed by atoms with Crippen LogP contribution in [0.4, 0.5) is 0 Å². The van der Waals surface area contributed by atoms with Crippen molar-refractivity contribution in [2.75, 3.05) is 7.11 Å². The molecule has 0 heterocycles. The van der Waals surface area contributed by atoms with E-state index in [0.717, 1.165) is 23.7 Å². The summed E-state index contributed by atoms with van der Waals surface area (Å²) in [6.45, 7) is 0. The molecule has 1 aliphatic rings. The predicted molar refractivity (Wildman–Crippen MR) is 87.0 cm³/mol. The number of nitrogens with two attached hydrogens (primary N) is 1. The lowest BCUT2D eigenvalue weighted by Gasteiger charge is -2.19. The molecule has 0 aliphatic heterocycles. The van der Waals surface area contributed by atoms with Crippen molar-refractivity contribution in [2.45, 2.75) is 37.8 Å². The number of rotatable bonds is 5. The summed E-state index contributed by atoms with van der Waals surface area (Å²) in [4.78, 5) is 24.2. The Morgan fingerprint density at radius 2 is 2.05 bits per heavy atom. The van der Waals surface area contributed by atoms with E-state index in [4.69, 9.17) is 10.5 Å². The third-order valence-corrected chi connectivity index (χ3v) is 4.64. The second-order valence-electron chi connectivity index (χ2n) is 5.63. The minimum absolute atomic E-state index is 0.0787. The molecule has 0 bridgehead atoms.